The predicted octanol–water partition coefficient (Wildman–Crippen LogP) is 3.73. The highest BCUT2D eigenvalue weighted by Gasteiger charge is 2.23. The van der Waals surface area contributed by atoms with Gasteiger partial charge in [0.25, 0.3) is 15.9 Å². The molecule has 0 heterocycles. The minimum Gasteiger partial charge on any atom is -0.507 e. The molecule has 160 valence electrons. The van der Waals surface area contributed by atoms with Gasteiger partial charge in [-0.05, 0) is 67.7 Å². The van der Waals surface area contributed by atoms with E-state index in [1.165, 1.54) is 28.6 Å². The molecule has 9 heteroatoms. The SMILES string of the molecule is CCN(c1ccccc1)S(=O)(=O)c1ccc(NC(=S)NC(=O)c2ccccc2O)cc1. The quantitative estimate of drug-likeness (QED) is 0.490. The first kappa shape index (κ1) is 22.3. The van der Waals surface area contributed by atoms with Gasteiger partial charge in [-0.2, -0.15) is 0 Å². The minimum absolute atomic E-state index is 0.0170. The maximum Gasteiger partial charge on any atom is 0.264 e. The monoisotopic (exact) mass is 455 g/mol. The lowest BCUT2D eigenvalue weighted by molar-refractivity contribution is 0.0975. The Hall–Kier alpha value is -3.43. The third kappa shape index (κ3) is 5.19. The number of hydrogen-bond acceptors (Lipinski definition) is 5. The first-order valence-corrected chi connectivity index (χ1v) is 11.3. The Labute approximate surface area is 186 Å². The van der Waals surface area contributed by atoms with E-state index >= 15 is 0 Å². The molecule has 0 saturated heterocycles. The van der Waals surface area contributed by atoms with Crippen molar-refractivity contribution in [3.8, 4) is 5.75 Å². The van der Waals surface area contributed by atoms with E-state index in [9.17, 15) is 18.3 Å². The van der Waals surface area contributed by atoms with E-state index in [0.717, 1.165) is 0 Å². The third-order valence-corrected chi connectivity index (χ3v) is 6.53. The summed E-state index contributed by atoms with van der Waals surface area (Å²) in [5.41, 5.74) is 1.18. The van der Waals surface area contributed by atoms with E-state index < -0.39 is 15.9 Å². The molecule has 0 atom stereocenters. The van der Waals surface area contributed by atoms with Crippen LogP contribution in [0, 0.1) is 0 Å². The fourth-order valence-corrected chi connectivity index (χ4v) is 4.61. The second kappa shape index (κ2) is 9.59. The Morgan fingerprint density at radius 2 is 1.58 bits per heavy atom. The highest BCUT2D eigenvalue weighted by molar-refractivity contribution is 7.92. The summed E-state index contributed by atoms with van der Waals surface area (Å²) >= 11 is 5.13. The van der Waals surface area contributed by atoms with Crippen molar-refractivity contribution in [2.24, 2.45) is 0 Å². The van der Waals surface area contributed by atoms with Crippen LogP contribution in [0.5, 0.6) is 5.75 Å². The molecule has 0 spiro atoms. The summed E-state index contributed by atoms with van der Waals surface area (Å²) in [6, 6.07) is 21.0. The zero-order valence-electron chi connectivity index (χ0n) is 16.6. The maximum absolute atomic E-state index is 13.0. The smallest absolute Gasteiger partial charge is 0.264 e. The molecule has 3 aromatic rings. The average Bonchev–Trinajstić information content (AvgIpc) is 2.75. The van der Waals surface area contributed by atoms with Gasteiger partial charge < -0.3 is 10.4 Å². The van der Waals surface area contributed by atoms with Gasteiger partial charge in [0.2, 0.25) is 0 Å². The lowest BCUT2D eigenvalue weighted by Gasteiger charge is -2.23. The van der Waals surface area contributed by atoms with E-state index in [1.54, 1.807) is 55.5 Å². The first-order chi connectivity index (χ1) is 14.8. The van der Waals surface area contributed by atoms with Crippen LogP contribution in [-0.4, -0.2) is 31.1 Å². The number of benzene rings is 3. The van der Waals surface area contributed by atoms with E-state index in [4.69, 9.17) is 12.2 Å². The molecule has 0 bridgehead atoms. The van der Waals surface area contributed by atoms with Crippen LogP contribution in [0.4, 0.5) is 11.4 Å². The number of amides is 1. The Morgan fingerprint density at radius 1 is 0.968 bits per heavy atom. The van der Waals surface area contributed by atoms with Crippen LogP contribution in [0.25, 0.3) is 0 Å². The summed E-state index contributed by atoms with van der Waals surface area (Å²) in [5, 5.41) is 15.1. The van der Waals surface area contributed by atoms with Crippen LogP contribution in [0.15, 0.2) is 83.8 Å². The molecule has 0 fully saturated rings. The zero-order chi connectivity index (χ0) is 22.4. The van der Waals surface area contributed by atoms with Gasteiger partial charge in [0, 0.05) is 12.2 Å². The van der Waals surface area contributed by atoms with Gasteiger partial charge in [-0.15, -0.1) is 0 Å². The number of para-hydroxylation sites is 2. The maximum atomic E-state index is 13.0. The molecule has 0 unspecified atom stereocenters. The predicted molar refractivity (Wildman–Crippen MR) is 125 cm³/mol. The number of carbonyl (C=O) groups is 1. The van der Waals surface area contributed by atoms with Crippen molar-refractivity contribution in [3.63, 3.8) is 0 Å². The van der Waals surface area contributed by atoms with Gasteiger partial charge in [-0.3, -0.25) is 14.4 Å². The lowest BCUT2D eigenvalue weighted by atomic mass is 10.2. The van der Waals surface area contributed by atoms with Crippen LogP contribution in [-0.2, 0) is 10.0 Å². The van der Waals surface area contributed by atoms with Crippen molar-refractivity contribution in [1.82, 2.24) is 5.32 Å². The zero-order valence-corrected chi connectivity index (χ0v) is 18.3. The number of phenolic OH excluding ortho intramolecular Hbond substituents is 1. The Bertz CT molecular complexity index is 1180. The lowest BCUT2D eigenvalue weighted by Crippen LogP contribution is -2.34. The summed E-state index contributed by atoms with van der Waals surface area (Å²) in [7, 11) is -3.73. The van der Waals surface area contributed by atoms with Crippen molar-refractivity contribution in [2.45, 2.75) is 11.8 Å². The fraction of sp³-hybridized carbons (Fsp3) is 0.0909. The third-order valence-electron chi connectivity index (χ3n) is 4.41. The van der Waals surface area contributed by atoms with Gasteiger partial charge in [0.15, 0.2) is 5.11 Å². The topological polar surface area (TPSA) is 98.7 Å². The number of anilines is 2. The molecule has 0 radical (unpaired) electrons. The summed E-state index contributed by atoms with van der Waals surface area (Å²) in [6.07, 6.45) is 0. The van der Waals surface area contributed by atoms with E-state index in [-0.39, 0.29) is 27.9 Å². The van der Waals surface area contributed by atoms with Gasteiger partial charge in [0.1, 0.15) is 5.75 Å². The highest BCUT2D eigenvalue weighted by atomic mass is 32.2. The fourth-order valence-electron chi connectivity index (χ4n) is 2.92. The number of hydrogen-bond donors (Lipinski definition) is 3. The number of thiocarbonyl (C=S) groups is 1. The molecule has 0 aromatic heterocycles. The molecule has 3 N–H and O–H groups in total. The minimum atomic E-state index is -3.73. The molecule has 1 amide bonds. The summed E-state index contributed by atoms with van der Waals surface area (Å²) in [6.45, 7) is 2.06. The van der Waals surface area contributed by atoms with Crippen molar-refractivity contribution in [3.05, 3.63) is 84.4 Å². The first-order valence-electron chi connectivity index (χ1n) is 9.41. The molecule has 0 aliphatic carbocycles. The number of nitrogens with zero attached hydrogens (tertiary/aromatic N) is 1. The van der Waals surface area contributed by atoms with Crippen molar-refractivity contribution < 1.29 is 18.3 Å². The van der Waals surface area contributed by atoms with Crippen LogP contribution >= 0.6 is 12.2 Å². The second-order valence-electron chi connectivity index (χ2n) is 6.46. The molecular formula is C22H21N3O4S2. The Morgan fingerprint density at radius 3 is 2.19 bits per heavy atom. The number of carbonyl (C=O) groups excluding carboxylic acids is 1. The standard InChI is InChI=1S/C22H21N3O4S2/c1-2-25(17-8-4-3-5-9-17)31(28,29)18-14-12-16(13-15-18)23-22(30)24-21(27)19-10-6-7-11-20(19)26/h3-15,26H,2H2,1H3,(H2,23,24,27,30). The van der Waals surface area contributed by atoms with Crippen molar-refractivity contribution >= 4 is 44.6 Å². The number of sulfonamides is 1. The van der Waals surface area contributed by atoms with Gasteiger partial charge >= 0.3 is 0 Å². The van der Waals surface area contributed by atoms with Crippen LogP contribution in [0.2, 0.25) is 0 Å². The second-order valence-corrected chi connectivity index (χ2v) is 8.73. The molecule has 3 rings (SSSR count). The van der Waals surface area contributed by atoms with Crippen LogP contribution in [0.3, 0.4) is 0 Å². The van der Waals surface area contributed by atoms with Crippen LogP contribution < -0.4 is 14.9 Å². The van der Waals surface area contributed by atoms with Gasteiger partial charge in [-0.25, -0.2) is 8.42 Å². The highest BCUT2D eigenvalue weighted by Crippen LogP contribution is 2.24. The van der Waals surface area contributed by atoms with Crippen molar-refractivity contribution in [1.29, 1.82) is 0 Å². The van der Waals surface area contributed by atoms with Crippen molar-refractivity contribution in [2.75, 3.05) is 16.2 Å². The van der Waals surface area contributed by atoms with Gasteiger partial charge in [0.05, 0.1) is 16.1 Å². The largest absolute Gasteiger partial charge is 0.507 e. The molecule has 31 heavy (non-hydrogen) atoms. The normalized spacial score (nSPS) is 10.9. The molecule has 7 nitrogen and oxygen atoms in total. The summed E-state index contributed by atoms with van der Waals surface area (Å²) in [4.78, 5) is 12.3. The Kier molecular flexibility index (Phi) is 6.88. The number of phenols is 1. The van der Waals surface area contributed by atoms with Crippen LogP contribution in [0.1, 0.15) is 17.3 Å². The van der Waals surface area contributed by atoms with E-state index in [0.29, 0.717) is 11.4 Å². The number of aromatic hydroxyl groups is 1. The van der Waals surface area contributed by atoms with E-state index in [1.807, 2.05) is 6.07 Å². The molecular weight excluding hydrogens is 434 g/mol. The van der Waals surface area contributed by atoms with Gasteiger partial charge in [-0.1, -0.05) is 30.3 Å². The average molecular weight is 456 g/mol. The number of rotatable bonds is 6. The Balaban J connectivity index is 1.70. The summed E-state index contributed by atoms with van der Waals surface area (Å²) < 4.78 is 27.4. The molecule has 3 aromatic carbocycles. The molecule has 0 saturated carbocycles. The number of nitrogens with one attached hydrogen (secondary N) is 2. The summed E-state index contributed by atoms with van der Waals surface area (Å²) in [5.74, 6) is -0.715. The van der Waals surface area contributed by atoms with E-state index in [2.05, 4.69) is 10.6 Å². The molecule has 0 aliphatic rings. The molecule has 0 aliphatic heterocycles.